The molecule has 0 rings (SSSR count). The molecular weight excluding hydrogens is 207 g/mol. The monoisotopic (exact) mass is 225 g/mol. The van der Waals surface area contributed by atoms with Gasteiger partial charge in [0.2, 0.25) is 0 Å². The third-order valence-electron chi connectivity index (χ3n) is 2.05. The molecule has 0 aromatic carbocycles. The van der Waals surface area contributed by atoms with Gasteiger partial charge in [-0.1, -0.05) is 26.7 Å². The first-order valence-corrected chi connectivity index (χ1v) is 5.11. The molecule has 0 bridgehead atoms. The Bertz CT molecular complexity index is 201. The molecule has 0 aromatic heterocycles. The van der Waals surface area contributed by atoms with Crippen LogP contribution in [0, 0.1) is 5.92 Å². The first-order valence-electron chi connectivity index (χ1n) is 5.11. The van der Waals surface area contributed by atoms with Crippen molar-refractivity contribution >= 4 is 5.91 Å². The molecular formula is C10H18F3NO. The van der Waals surface area contributed by atoms with Crippen LogP contribution in [0.15, 0.2) is 0 Å². The van der Waals surface area contributed by atoms with Crippen LogP contribution in [0.25, 0.3) is 0 Å². The summed E-state index contributed by atoms with van der Waals surface area (Å²) in [6.07, 6.45) is -2.39. The third kappa shape index (κ3) is 7.22. The zero-order chi connectivity index (χ0) is 12.1. The second-order valence-electron chi connectivity index (χ2n) is 4.20. The summed E-state index contributed by atoms with van der Waals surface area (Å²) in [6, 6.07) is -0.419. The summed E-state index contributed by atoms with van der Waals surface area (Å²) < 4.78 is 35.5. The Morgan fingerprint density at radius 1 is 1.20 bits per heavy atom. The van der Waals surface area contributed by atoms with Gasteiger partial charge in [-0.3, -0.25) is 4.79 Å². The zero-order valence-electron chi connectivity index (χ0n) is 9.32. The molecule has 0 radical (unpaired) electrons. The maximum Gasteiger partial charge on any atom is 0.471 e. The van der Waals surface area contributed by atoms with Crippen LogP contribution in [-0.4, -0.2) is 18.1 Å². The van der Waals surface area contributed by atoms with E-state index in [0.717, 1.165) is 12.8 Å². The van der Waals surface area contributed by atoms with Crippen molar-refractivity contribution in [3.05, 3.63) is 0 Å². The van der Waals surface area contributed by atoms with Gasteiger partial charge in [-0.25, -0.2) is 0 Å². The molecule has 0 aliphatic carbocycles. The van der Waals surface area contributed by atoms with Gasteiger partial charge in [-0.05, 0) is 19.3 Å². The standard InChI is InChI=1S/C10H18F3NO/c1-7(2)5-4-6-8(3)14-9(15)10(11,12)13/h7-8H,4-6H2,1-3H3,(H,14,15). The summed E-state index contributed by atoms with van der Waals surface area (Å²) in [7, 11) is 0. The van der Waals surface area contributed by atoms with Gasteiger partial charge in [0.25, 0.3) is 0 Å². The lowest BCUT2D eigenvalue weighted by Gasteiger charge is -2.15. The van der Waals surface area contributed by atoms with Crippen molar-refractivity contribution in [2.24, 2.45) is 5.92 Å². The average Bonchev–Trinajstić information content (AvgIpc) is 2.01. The highest BCUT2D eigenvalue weighted by Crippen LogP contribution is 2.15. The van der Waals surface area contributed by atoms with E-state index in [9.17, 15) is 18.0 Å². The zero-order valence-corrected chi connectivity index (χ0v) is 9.32. The van der Waals surface area contributed by atoms with E-state index < -0.39 is 18.1 Å². The fraction of sp³-hybridized carbons (Fsp3) is 0.900. The van der Waals surface area contributed by atoms with Crippen LogP contribution in [0.4, 0.5) is 13.2 Å². The smallest absolute Gasteiger partial charge is 0.346 e. The van der Waals surface area contributed by atoms with Gasteiger partial charge in [0.1, 0.15) is 0 Å². The average molecular weight is 225 g/mol. The van der Waals surface area contributed by atoms with Gasteiger partial charge >= 0.3 is 12.1 Å². The minimum atomic E-state index is -4.77. The Hall–Kier alpha value is -0.740. The van der Waals surface area contributed by atoms with Crippen LogP contribution >= 0.6 is 0 Å². The quantitative estimate of drug-likeness (QED) is 0.765. The Kier molecular flexibility index (Phi) is 5.68. The second-order valence-corrected chi connectivity index (χ2v) is 4.20. The van der Waals surface area contributed by atoms with Crippen LogP contribution in [0.1, 0.15) is 40.0 Å². The summed E-state index contributed by atoms with van der Waals surface area (Å²) in [6.45, 7) is 5.70. The highest BCUT2D eigenvalue weighted by atomic mass is 19.4. The maximum atomic E-state index is 11.8. The molecule has 0 fully saturated rings. The Morgan fingerprint density at radius 2 is 1.73 bits per heavy atom. The van der Waals surface area contributed by atoms with Crippen LogP contribution in [0.2, 0.25) is 0 Å². The Balaban J connectivity index is 3.75. The van der Waals surface area contributed by atoms with Crippen LogP contribution in [0.3, 0.4) is 0 Å². The van der Waals surface area contributed by atoms with Crippen molar-refractivity contribution in [2.75, 3.05) is 0 Å². The SMILES string of the molecule is CC(C)CCCC(C)NC(=O)C(F)(F)F. The van der Waals surface area contributed by atoms with Gasteiger partial charge in [-0.15, -0.1) is 0 Å². The minimum Gasteiger partial charge on any atom is -0.346 e. The van der Waals surface area contributed by atoms with Gasteiger partial charge in [0.15, 0.2) is 0 Å². The van der Waals surface area contributed by atoms with Crippen molar-refractivity contribution in [1.29, 1.82) is 0 Å². The lowest BCUT2D eigenvalue weighted by molar-refractivity contribution is -0.174. The lowest BCUT2D eigenvalue weighted by atomic mass is 10.0. The summed E-state index contributed by atoms with van der Waals surface area (Å²) in [4.78, 5) is 10.5. The molecule has 15 heavy (non-hydrogen) atoms. The van der Waals surface area contributed by atoms with E-state index in [2.05, 4.69) is 13.8 Å². The molecule has 0 aliphatic heterocycles. The van der Waals surface area contributed by atoms with E-state index in [1.54, 1.807) is 6.92 Å². The van der Waals surface area contributed by atoms with Gasteiger partial charge < -0.3 is 5.32 Å². The number of amides is 1. The molecule has 1 amide bonds. The number of halogens is 3. The minimum absolute atomic E-state index is 0.419. The number of carbonyl (C=O) groups is 1. The summed E-state index contributed by atoms with van der Waals surface area (Å²) >= 11 is 0. The number of hydrogen-bond donors (Lipinski definition) is 1. The molecule has 1 N–H and O–H groups in total. The van der Waals surface area contributed by atoms with Gasteiger partial charge in [0, 0.05) is 6.04 Å². The van der Waals surface area contributed by atoms with Gasteiger partial charge in [0.05, 0.1) is 0 Å². The molecule has 0 aromatic rings. The Morgan fingerprint density at radius 3 is 2.13 bits per heavy atom. The summed E-state index contributed by atoms with van der Waals surface area (Å²) in [5.41, 5.74) is 0. The summed E-state index contributed by atoms with van der Waals surface area (Å²) in [5, 5.41) is 1.93. The molecule has 0 heterocycles. The maximum absolute atomic E-state index is 11.8. The van der Waals surface area contributed by atoms with Crippen molar-refractivity contribution in [3.8, 4) is 0 Å². The molecule has 0 saturated heterocycles. The molecule has 5 heteroatoms. The first kappa shape index (κ1) is 14.3. The lowest BCUT2D eigenvalue weighted by Crippen LogP contribution is -2.41. The van der Waals surface area contributed by atoms with Gasteiger partial charge in [-0.2, -0.15) is 13.2 Å². The fourth-order valence-corrected chi connectivity index (χ4v) is 1.21. The Labute approximate surface area is 88.2 Å². The van der Waals surface area contributed by atoms with Crippen LogP contribution < -0.4 is 5.32 Å². The predicted molar refractivity (Wildman–Crippen MR) is 52.3 cm³/mol. The number of nitrogens with one attached hydrogen (secondary N) is 1. The number of hydrogen-bond acceptors (Lipinski definition) is 1. The highest BCUT2D eigenvalue weighted by molar-refractivity contribution is 5.81. The highest BCUT2D eigenvalue weighted by Gasteiger charge is 2.38. The first-order chi connectivity index (χ1) is 6.73. The van der Waals surface area contributed by atoms with Crippen LogP contribution in [0.5, 0.6) is 0 Å². The summed E-state index contributed by atoms with van der Waals surface area (Å²) in [5.74, 6) is -1.31. The molecule has 0 saturated carbocycles. The molecule has 90 valence electrons. The van der Waals surface area contributed by atoms with Crippen molar-refractivity contribution in [3.63, 3.8) is 0 Å². The van der Waals surface area contributed by atoms with E-state index >= 15 is 0 Å². The molecule has 0 aliphatic rings. The van der Waals surface area contributed by atoms with E-state index in [4.69, 9.17) is 0 Å². The molecule has 0 spiro atoms. The largest absolute Gasteiger partial charge is 0.471 e. The fourth-order valence-electron chi connectivity index (χ4n) is 1.21. The molecule has 1 unspecified atom stereocenters. The second kappa shape index (κ2) is 5.98. The van der Waals surface area contributed by atoms with E-state index in [1.807, 2.05) is 5.32 Å². The number of alkyl halides is 3. The number of carbonyl (C=O) groups excluding carboxylic acids is 1. The normalized spacial score (nSPS) is 14.1. The molecule has 1 atom stereocenters. The van der Waals surface area contributed by atoms with E-state index in [-0.39, 0.29) is 0 Å². The van der Waals surface area contributed by atoms with Crippen molar-refractivity contribution < 1.29 is 18.0 Å². The molecule has 2 nitrogen and oxygen atoms in total. The van der Waals surface area contributed by atoms with E-state index in [1.165, 1.54) is 0 Å². The van der Waals surface area contributed by atoms with Crippen LogP contribution in [-0.2, 0) is 4.79 Å². The topological polar surface area (TPSA) is 29.1 Å². The van der Waals surface area contributed by atoms with Crippen molar-refractivity contribution in [1.82, 2.24) is 5.32 Å². The van der Waals surface area contributed by atoms with E-state index in [0.29, 0.717) is 12.3 Å². The van der Waals surface area contributed by atoms with Crippen molar-refractivity contribution in [2.45, 2.75) is 52.3 Å². The number of rotatable bonds is 5. The predicted octanol–water partition coefficient (Wildman–Crippen LogP) is 2.88. The third-order valence-corrected chi connectivity index (χ3v) is 2.05.